The van der Waals surface area contributed by atoms with Gasteiger partial charge in [-0.2, -0.15) is 0 Å². The third-order valence-electron chi connectivity index (χ3n) is 4.01. The third kappa shape index (κ3) is 3.61. The van der Waals surface area contributed by atoms with Crippen LogP contribution < -0.4 is 11.1 Å². The summed E-state index contributed by atoms with van der Waals surface area (Å²) < 4.78 is 4.75. The first-order valence-electron chi connectivity index (χ1n) is 6.80. The molecule has 21 heavy (non-hydrogen) atoms. The van der Waals surface area contributed by atoms with Gasteiger partial charge >= 0.3 is 5.97 Å². The fraction of sp³-hybridized carbons (Fsp3) is 0.500. The van der Waals surface area contributed by atoms with Crippen molar-refractivity contribution in [3.8, 4) is 0 Å². The first-order chi connectivity index (χ1) is 9.50. The van der Waals surface area contributed by atoms with Crippen molar-refractivity contribution in [1.82, 2.24) is 0 Å². The molecule has 1 aromatic carbocycles. The van der Waals surface area contributed by atoms with Crippen LogP contribution in [0.15, 0.2) is 18.2 Å². The van der Waals surface area contributed by atoms with Gasteiger partial charge in [-0.1, -0.05) is 11.6 Å². The van der Waals surface area contributed by atoms with E-state index in [9.17, 15) is 9.59 Å². The molecule has 0 aliphatic carbocycles. The van der Waals surface area contributed by atoms with Crippen LogP contribution in [0.1, 0.15) is 43.6 Å². The van der Waals surface area contributed by atoms with Crippen LogP contribution in [0.5, 0.6) is 0 Å². The number of amides is 1. The Kier molecular flexibility index (Phi) is 4.79. The lowest BCUT2D eigenvalue weighted by atomic mass is 9.74. The summed E-state index contributed by atoms with van der Waals surface area (Å²) in [5.41, 5.74) is 6.23. The highest BCUT2D eigenvalue weighted by molar-refractivity contribution is 6.03. The molecule has 3 N–H and O–H groups in total. The number of hydrogen-bond acceptors (Lipinski definition) is 4. The van der Waals surface area contributed by atoms with Gasteiger partial charge in [0.2, 0.25) is 5.91 Å². The van der Waals surface area contributed by atoms with Gasteiger partial charge in [-0.15, -0.1) is 0 Å². The Hall–Kier alpha value is -1.88. The van der Waals surface area contributed by atoms with Crippen molar-refractivity contribution in [2.75, 3.05) is 12.4 Å². The topological polar surface area (TPSA) is 81.4 Å². The number of carbonyl (C=O) groups excluding carboxylic acids is 2. The van der Waals surface area contributed by atoms with E-state index in [2.05, 4.69) is 5.32 Å². The summed E-state index contributed by atoms with van der Waals surface area (Å²) in [5, 5.41) is 2.78. The standard InChI is InChI=1S/C16H24N2O3/c1-10-7-8-12(11(9-10)13(19)21-6)18-14(20)15(2,3)16(4,5)17/h7-9H,17H2,1-6H3,(H,18,20). The summed E-state index contributed by atoms with van der Waals surface area (Å²) in [6, 6.07) is 5.20. The molecule has 5 heteroatoms. The zero-order valence-electron chi connectivity index (χ0n) is 13.5. The van der Waals surface area contributed by atoms with Crippen LogP contribution in [0.4, 0.5) is 5.69 Å². The molecular formula is C16H24N2O3. The molecular weight excluding hydrogens is 268 g/mol. The number of nitrogens with two attached hydrogens (primary N) is 1. The smallest absolute Gasteiger partial charge is 0.339 e. The second-order valence-electron chi connectivity index (χ2n) is 6.34. The Morgan fingerprint density at radius 2 is 1.76 bits per heavy atom. The van der Waals surface area contributed by atoms with Crippen LogP contribution in [-0.2, 0) is 9.53 Å². The van der Waals surface area contributed by atoms with Gasteiger partial charge < -0.3 is 15.8 Å². The van der Waals surface area contributed by atoms with E-state index < -0.39 is 16.9 Å². The maximum atomic E-state index is 12.5. The maximum Gasteiger partial charge on any atom is 0.339 e. The SMILES string of the molecule is COC(=O)c1cc(C)ccc1NC(=O)C(C)(C)C(C)(C)N. The van der Waals surface area contributed by atoms with E-state index >= 15 is 0 Å². The number of esters is 1. The molecule has 1 rings (SSSR count). The predicted octanol–water partition coefficient (Wildman–Crippen LogP) is 2.48. The number of ether oxygens (including phenoxy) is 1. The van der Waals surface area contributed by atoms with Crippen molar-refractivity contribution < 1.29 is 14.3 Å². The monoisotopic (exact) mass is 292 g/mol. The number of anilines is 1. The second-order valence-corrected chi connectivity index (χ2v) is 6.34. The largest absolute Gasteiger partial charge is 0.465 e. The number of carbonyl (C=O) groups is 2. The molecule has 0 spiro atoms. The number of benzene rings is 1. The lowest BCUT2D eigenvalue weighted by molar-refractivity contribution is -0.126. The van der Waals surface area contributed by atoms with E-state index in [1.54, 1.807) is 39.8 Å². The molecule has 0 bridgehead atoms. The molecule has 0 saturated carbocycles. The molecule has 0 heterocycles. The molecule has 1 amide bonds. The number of nitrogens with one attached hydrogen (secondary N) is 1. The van der Waals surface area contributed by atoms with E-state index in [0.717, 1.165) is 5.56 Å². The molecule has 0 fully saturated rings. The van der Waals surface area contributed by atoms with Crippen LogP contribution in [0.3, 0.4) is 0 Å². The van der Waals surface area contributed by atoms with Crippen LogP contribution >= 0.6 is 0 Å². The lowest BCUT2D eigenvalue weighted by Gasteiger charge is -2.37. The van der Waals surface area contributed by atoms with Gasteiger partial charge in [0, 0.05) is 5.54 Å². The second kappa shape index (κ2) is 5.85. The van der Waals surface area contributed by atoms with E-state index in [-0.39, 0.29) is 5.91 Å². The van der Waals surface area contributed by atoms with Crippen molar-refractivity contribution in [2.24, 2.45) is 11.1 Å². The average Bonchev–Trinajstić information content (AvgIpc) is 2.38. The van der Waals surface area contributed by atoms with Gasteiger partial charge in [0.1, 0.15) is 0 Å². The molecule has 0 unspecified atom stereocenters. The van der Waals surface area contributed by atoms with E-state index in [1.165, 1.54) is 7.11 Å². The maximum absolute atomic E-state index is 12.5. The zero-order valence-corrected chi connectivity index (χ0v) is 13.5. The molecule has 116 valence electrons. The highest BCUT2D eigenvalue weighted by Crippen LogP contribution is 2.30. The van der Waals surface area contributed by atoms with Crippen molar-refractivity contribution in [1.29, 1.82) is 0 Å². The van der Waals surface area contributed by atoms with E-state index in [4.69, 9.17) is 10.5 Å². The van der Waals surface area contributed by atoms with Crippen molar-refractivity contribution in [2.45, 2.75) is 40.2 Å². The van der Waals surface area contributed by atoms with Crippen LogP contribution in [0, 0.1) is 12.3 Å². The van der Waals surface area contributed by atoms with Gasteiger partial charge in [-0.25, -0.2) is 4.79 Å². The molecule has 5 nitrogen and oxygen atoms in total. The average molecular weight is 292 g/mol. The molecule has 0 aliphatic heterocycles. The van der Waals surface area contributed by atoms with Crippen molar-refractivity contribution in [3.05, 3.63) is 29.3 Å². The first-order valence-corrected chi connectivity index (χ1v) is 6.80. The Bertz CT molecular complexity index is 557. The lowest BCUT2D eigenvalue weighted by Crippen LogP contribution is -2.53. The predicted molar refractivity (Wildman–Crippen MR) is 83.2 cm³/mol. The number of rotatable bonds is 4. The van der Waals surface area contributed by atoms with Gasteiger partial charge in [0.15, 0.2) is 0 Å². The molecule has 0 radical (unpaired) electrons. The molecule has 0 aromatic heterocycles. The minimum Gasteiger partial charge on any atom is -0.465 e. The summed E-state index contributed by atoms with van der Waals surface area (Å²) >= 11 is 0. The first kappa shape index (κ1) is 17.2. The normalized spacial score (nSPS) is 12.0. The third-order valence-corrected chi connectivity index (χ3v) is 4.01. The molecule has 1 aromatic rings. The van der Waals surface area contributed by atoms with E-state index in [0.29, 0.717) is 11.3 Å². The molecule has 0 aliphatic rings. The highest BCUT2D eigenvalue weighted by atomic mass is 16.5. The van der Waals surface area contributed by atoms with Gasteiger partial charge in [-0.05, 0) is 46.8 Å². The summed E-state index contributed by atoms with van der Waals surface area (Å²) in [7, 11) is 1.31. The van der Waals surface area contributed by atoms with E-state index in [1.807, 2.05) is 13.0 Å². The van der Waals surface area contributed by atoms with Crippen LogP contribution in [0.25, 0.3) is 0 Å². The summed E-state index contributed by atoms with van der Waals surface area (Å²) in [5.74, 6) is -0.733. The Balaban J connectivity index is 3.14. The Morgan fingerprint density at radius 1 is 1.19 bits per heavy atom. The minimum absolute atomic E-state index is 0.246. The Labute approximate surface area is 125 Å². The van der Waals surface area contributed by atoms with Gasteiger partial charge in [-0.3, -0.25) is 4.79 Å². The summed E-state index contributed by atoms with van der Waals surface area (Å²) in [6.45, 7) is 9.00. The minimum atomic E-state index is -0.800. The van der Waals surface area contributed by atoms with Gasteiger partial charge in [0.25, 0.3) is 0 Å². The van der Waals surface area contributed by atoms with Crippen LogP contribution in [-0.4, -0.2) is 24.5 Å². The Morgan fingerprint density at radius 3 is 2.24 bits per heavy atom. The van der Waals surface area contributed by atoms with Gasteiger partial charge in [0.05, 0.1) is 23.8 Å². The van der Waals surface area contributed by atoms with Crippen LogP contribution in [0.2, 0.25) is 0 Å². The quantitative estimate of drug-likeness (QED) is 0.835. The number of hydrogen-bond donors (Lipinski definition) is 2. The summed E-state index contributed by atoms with van der Waals surface area (Å²) in [6.07, 6.45) is 0. The molecule has 0 saturated heterocycles. The summed E-state index contributed by atoms with van der Waals surface area (Å²) in [4.78, 5) is 24.3. The fourth-order valence-corrected chi connectivity index (χ4v) is 1.62. The number of methoxy groups -OCH3 is 1. The number of aryl methyl sites for hydroxylation is 1. The van der Waals surface area contributed by atoms with Crippen molar-refractivity contribution in [3.63, 3.8) is 0 Å². The zero-order chi connectivity index (χ0) is 16.4. The van der Waals surface area contributed by atoms with Crippen molar-refractivity contribution >= 4 is 17.6 Å². The molecule has 0 atom stereocenters. The fourth-order valence-electron chi connectivity index (χ4n) is 1.62. The highest BCUT2D eigenvalue weighted by Gasteiger charge is 2.40.